The summed E-state index contributed by atoms with van der Waals surface area (Å²) in [6.07, 6.45) is 3.42. The van der Waals surface area contributed by atoms with Crippen LogP contribution in [0.1, 0.15) is 31.7 Å². The zero-order chi connectivity index (χ0) is 20.4. The van der Waals surface area contributed by atoms with Gasteiger partial charge >= 0.3 is 0 Å². The van der Waals surface area contributed by atoms with Crippen LogP contribution in [-0.2, 0) is 4.79 Å². The van der Waals surface area contributed by atoms with Crippen LogP contribution in [0, 0.1) is 0 Å². The van der Waals surface area contributed by atoms with E-state index in [0.717, 1.165) is 37.7 Å². The van der Waals surface area contributed by atoms with E-state index in [1.54, 1.807) is 17.3 Å². The standard InChI is InChI=1S/C22H29N5O2/c1-16(2)17-4-6-18(7-5-17)27-11-8-19(22(27)28)29-21-20(23-9-10-24-21)26-14-12-25(3)13-15-26/h4-7,9-10,16,19H,8,11-15H2,1-3H3. The molecule has 0 bridgehead atoms. The number of amides is 1. The molecule has 3 heterocycles. The van der Waals surface area contributed by atoms with E-state index in [2.05, 4.69) is 52.8 Å². The predicted molar refractivity (Wildman–Crippen MR) is 114 cm³/mol. The summed E-state index contributed by atoms with van der Waals surface area (Å²) in [5.41, 5.74) is 2.19. The van der Waals surface area contributed by atoms with Crippen LogP contribution in [0.3, 0.4) is 0 Å². The van der Waals surface area contributed by atoms with Crippen LogP contribution in [0.25, 0.3) is 0 Å². The predicted octanol–water partition coefficient (Wildman–Crippen LogP) is 2.54. The second kappa shape index (κ2) is 8.37. The summed E-state index contributed by atoms with van der Waals surface area (Å²) in [7, 11) is 2.12. The fourth-order valence-corrected chi connectivity index (χ4v) is 3.83. The number of hydrogen-bond acceptors (Lipinski definition) is 6. The van der Waals surface area contributed by atoms with Crippen molar-refractivity contribution in [3.05, 3.63) is 42.2 Å². The Balaban J connectivity index is 1.46. The quantitative estimate of drug-likeness (QED) is 0.775. The van der Waals surface area contributed by atoms with Crippen LogP contribution >= 0.6 is 0 Å². The highest BCUT2D eigenvalue weighted by molar-refractivity contribution is 5.99. The molecule has 1 atom stereocenters. The number of aromatic nitrogens is 2. The molecule has 2 aliphatic rings. The molecule has 7 nitrogen and oxygen atoms in total. The summed E-state index contributed by atoms with van der Waals surface area (Å²) in [5, 5.41) is 0. The van der Waals surface area contributed by atoms with Gasteiger partial charge in [-0.2, -0.15) is 0 Å². The highest BCUT2D eigenvalue weighted by Gasteiger charge is 2.35. The van der Waals surface area contributed by atoms with Crippen molar-refractivity contribution in [2.45, 2.75) is 32.3 Å². The molecule has 4 rings (SSSR count). The number of rotatable bonds is 5. The molecule has 0 radical (unpaired) electrons. The fourth-order valence-electron chi connectivity index (χ4n) is 3.83. The van der Waals surface area contributed by atoms with Gasteiger partial charge < -0.3 is 19.4 Å². The Morgan fingerprint density at radius 3 is 2.38 bits per heavy atom. The van der Waals surface area contributed by atoms with E-state index in [-0.39, 0.29) is 5.91 Å². The molecule has 1 aromatic carbocycles. The molecule has 0 aliphatic carbocycles. The Kier molecular flexibility index (Phi) is 5.67. The lowest BCUT2D eigenvalue weighted by Gasteiger charge is -2.33. The van der Waals surface area contributed by atoms with Gasteiger partial charge in [-0.15, -0.1) is 0 Å². The third-order valence-electron chi connectivity index (χ3n) is 5.73. The van der Waals surface area contributed by atoms with Crippen molar-refractivity contribution in [1.82, 2.24) is 14.9 Å². The number of likely N-dealkylation sites (N-methyl/N-ethyl adjacent to an activating group) is 1. The number of ether oxygens (including phenoxy) is 1. The first-order valence-electron chi connectivity index (χ1n) is 10.4. The summed E-state index contributed by atoms with van der Waals surface area (Å²) >= 11 is 0. The van der Waals surface area contributed by atoms with Crippen molar-refractivity contribution in [1.29, 1.82) is 0 Å². The van der Waals surface area contributed by atoms with Crippen molar-refractivity contribution < 1.29 is 9.53 Å². The first-order chi connectivity index (χ1) is 14.0. The number of hydrogen-bond donors (Lipinski definition) is 0. The van der Waals surface area contributed by atoms with Crippen LogP contribution in [0.5, 0.6) is 5.88 Å². The van der Waals surface area contributed by atoms with Gasteiger partial charge in [-0.1, -0.05) is 26.0 Å². The molecule has 2 saturated heterocycles. The van der Waals surface area contributed by atoms with Gasteiger partial charge in [0.2, 0.25) is 0 Å². The molecule has 2 aliphatic heterocycles. The highest BCUT2D eigenvalue weighted by atomic mass is 16.5. The van der Waals surface area contributed by atoms with Crippen molar-refractivity contribution in [2.75, 3.05) is 49.6 Å². The number of anilines is 2. The number of carbonyl (C=O) groups is 1. The van der Waals surface area contributed by atoms with E-state index < -0.39 is 6.10 Å². The minimum absolute atomic E-state index is 0.0164. The summed E-state index contributed by atoms with van der Waals surface area (Å²) < 4.78 is 6.09. The van der Waals surface area contributed by atoms with Crippen molar-refractivity contribution in [3.8, 4) is 5.88 Å². The zero-order valence-electron chi connectivity index (χ0n) is 17.4. The number of nitrogens with zero attached hydrogens (tertiary/aromatic N) is 5. The van der Waals surface area contributed by atoms with Crippen LogP contribution in [0.4, 0.5) is 11.5 Å². The average molecular weight is 396 g/mol. The van der Waals surface area contributed by atoms with Crippen molar-refractivity contribution in [3.63, 3.8) is 0 Å². The Hall–Kier alpha value is -2.67. The first-order valence-corrected chi connectivity index (χ1v) is 10.4. The molecule has 1 unspecified atom stereocenters. The maximum absolute atomic E-state index is 13.0. The van der Waals surface area contributed by atoms with E-state index in [1.807, 2.05) is 12.1 Å². The maximum Gasteiger partial charge on any atom is 0.268 e. The third kappa shape index (κ3) is 4.19. The third-order valence-corrected chi connectivity index (χ3v) is 5.73. The van der Waals surface area contributed by atoms with Crippen LogP contribution in [-0.4, -0.2) is 66.7 Å². The molecule has 0 spiro atoms. The zero-order valence-corrected chi connectivity index (χ0v) is 17.4. The number of benzene rings is 1. The largest absolute Gasteiger partial charge is 0.462 e. The molecular weight excluding hydrogens is 366 g/mol. The minimum Gasteiger partial charge on any atom is -0.462 e. The summed E-state index contributed by atoms with van der Waals surface area (Å²) in [4.78, 5) is 28.2. The monoisotopic (exact) mass is 395 g/mol. The molecule has 154 valence electrons. The lowest BCUT2D eigenvalue weighted by atomic mass is 10.0. The van der Waals surface area contributed by atoms with Crippen molar-refractivity contribution in [2.24, 2.45) is 0 Å². The molecule has 2 fully saturated rings. The Morgan fingerprint density at radius 1 is 1.00 bits per heavy atom. The molecule has 1 aromatic heterocycles. The second-order valence-electron chi connectivity index (χ2n) is 8.11. The van der Waals surface area contributed by atoms with E-state index in [4.69, 9.17) is 4.74 Å². The van der Waals surface area contributed by atoms with Gasteiger partial charge in [0.1, 0.15) is 0 Å². The summed E-state index contributed by atoms with van der Waals surface area (Å²) in [6.45, 7) is 8.67. The van der Waals surface area contributed by atoms with E-state index in [9.17, 15) is 4.79 Å². The topological polar surface area (TPSA) is 61.8 Å². The van der Waals surface area contributed by atoms with Crippen LogP contribution in [0.15, 0.2) is 36.7 Å². The maximum atomic E-state index is 13.0. The van der Waals surface area contributed by atoms with E-state index in [0.29, 0.717) is 24.8 Å². The van der Waals surface area contributed by atoms with Gasteiger partial charge in [0, 0.05) is 57.2 Å². The highest BCUT2D eigenvalue weighted by Crippen LogP contribution is 2.29. The average Bonchev–Trinajstić information content (AvgIpc) is 3.09. The molecule has 7 heteroatoms. The van der Waals surface area contributed by atoms with Gasteiger partial charge in [-0.25, -0.2) is 9.97 Å². The van der Waals surface area contributed by atoms with Crippen molar-refractivity contribution >= 4 is 17.4 Å². The minimum atomic E-state index is -0.525. The molecule has 1 amide bonds. The molecule has 0 saturated carbocycles. The summed E-state index contributed by atoms with van der Waals surface area (Å²) in [6, 6.07) is 8.23. The second-order valence-corrected chi connectivity index (χ2v) is 8.11. The fraction of sp³-hybridized carbons (Fsp3) is 0.500. The molecular formula is C22H29N5O2. The van der Waals surface area contributed by atoms with E-state index >= 15 is 0 Å². The molecule has 0 N–H and O–H groups in total. The van der Waals surface area contributed by atoms with Gasteiger partial charge in [-0.05, 0) is 30.7 Å². The van der Waals surface area contributed by atoms with Gasteiger partial charge in [0.15, 0.2) is 11.9 Å². The smallest absolute Gasteiger partial charge is 0.268 e. The Bertz CT molecular complexity index is 847. The SMILES string of the molecule is CC(C)c1ccc(N2CCC(Oc3nccnc3N3CCN(C)CC3)C2=O)cc1. The van der Waals surface area contributed by atoms with Crippen LogP contribution < -0.4 is 14.5 Å². The molecule has 2 aromatic rings. The Morgan fingerprint density at radius 2 is 1.69 bits per heavy atom. The Labute approximate surface area is 172 Å². The van der Waals surface area contributed by atoms with Crippen LogP contribution in [0.2, 0.25) is 0 Å². The normalized spacial score (nSPS) is 20.6. The lowest BCUT2D eigenvalue weighted by Crippen LogP contribution is -2.45. The summed E-state index contributed by atoms with van der Waals surface area (Å²) in [5.74, 6) is 1.64. The number of carbonyl (C=O) groups excluding carboxylic acids is 1. The van der Waals surface area contributed by atoms with Gasteiger partial charge in [0.25, 0.3) is 11.8 Å². The first kappa shape index (κ1) is 19.6. The van der Waals surface area contributed by atoms with E-state index in [1.165, 1.54) is 5.56 Å². The van der Waals surface area contributed by atoms with Gasteiger partial charge in [0.05, 0.1) is 0 Å². The number of piperazine rings is 1. The molecule has 29 heavy (non-hydrogen) atoms. The van der Waals surface area contributed by atoms with Gasteiger partial charge in [-0.3, -0.25) is 4.79 Å². The lowest BCUT2D eigenvalue weighted by molar-refractivity contribution is -0.123.